The molecule has 33 heavy (non-hydrogen) atoms. The van der Waals surface area contributed by atoms with Gasteiger partial charge in [0.2, 0.25) is 0 Å². The van der Waals surface area contributed by atoms with Gasteiger partial charge in [0.05, 0.1) is 0 Å². The van der Waals surface area contributed by atoms with Gasteiger partial charge >= 0.3 is 0 Å². The van der Waals surface area contributed by atoms with Crippen LogP contribution in [0.2, 0.25) is 0 Å². The summed E-state index contributed by atoms with van der Waals surface area (Å²) >= 11 is 0. The monoisotopic (exact) mass is 486 g/mol. The fraction of sp³-hybridized carbons (Fsp3) is 0.357. The average molecular weight is 488 g/mol. The van der Waals surface area contributed by atoms with Crippen LogP contribution in [0.15, 0.2) is 84.9 Å². The van der Waals surface area contributed by atoms with E-state index in [-0.39, 0.29) is 24.8 Å². The number of rotatable bonds is 10. The number of nitrogens with zero attached hydrogens (tertiary/aromatic N) is 1. The molecule has 0 aliphatic carbocycles. The van der Waals surface area contributed by atoms with Gasteiger partial charge in [-0.05, 0) is 74.5 Å². The number of ether oxygens (including phenoxy) is 1. The van der Waals surface area contributed by atoms with Gasteiger partial charge in [0, 0.05) is 18.3 Å². The smallest absolute Gasteiger partial charge is 0.121 e. The maximum Gasteiger partial charge on any atom is 0.121 e. The van der Waals surface area contributed by atoms with Crippen molar-refractivity contribution in [1.82, 2.24) is 4.90 Å². The van der Waals surface area contributed by atoms with Crippen molar-refractivity contribution in [1.29, 1.82) is 0 Å². The lowest BCUT2D eigenvalue weighted by Crippen LogP contribution is -2.35. The fourth-order valence-electron chi connectivity index (χ4n) is 4.33. The number of anilines is 1. The first-order valence-corrected chi connectivity index (χ1v) is 11.6. The first-order valence-electron chi connectivity index (χ1n) is 11.6. The van der Waals surface area contributed by atoms with Gasteiger partial charge in [0.1, 0.15) is 12.4 Å². The van der Waals surface area contributed by atoms with Crippen molar-refractivity contribution in [3.63, 3.8) is 0 Å². The Kier molecular flexibility index (Phi) is 12.2. The summed E-state index contributed by atoms with van der Waals surface area (Å²) in [7, 11) is 0. The summed E-state index contributed by atoms with van der Waals surface area (Å²) in [5, 5.41) is 3.56. The molecule has 1 saturated heterocycles. The number of hydrogen-bond acceptors (Lipinski definition) is 3. The number of benzene rings is 3. The van der Waals surface area contributed by atoms with E-state index in [2.05, 4.69) is 70.9 Å². The summed E-state index contributed by atoms with van der Waals surface area (Å²) in [5.41, 5.74) is 3.81. The van der Waals surface area contributed by atoms with Crippen LogP contribution >= 0.6 is 24.8 Å². The fourth-order valence-corrected chi connectivity index (χ4v) is 4.33. The Hall–Kier alpha value is -2.20. The zero-order valence-corrected chi connectivity index (χ0v) is 20.8. The molecule has 0 bridgehead atoms. The Morgan fingerprint density at radius 2 is 1.45 bits per heavy atom. The first kappa shape index (κ1) is 27.0. The Morgan fingerprint density at radius 1 is 0.788 bits per heavy atom. The minimum Gasteiger partial charge on any atom is -0.489 e. The van der Waals surface area contributed by atoms with Gasteiger partial charge in [-0.3, -0.25) is 0 Å². The Balaban J connectivity index is 0.00000193. The van der Waals surface area contributed by atoms with Crippen LogP contribution in [0.5, 0.6) is 5.75 Å². The van der Waals surface area contributed by atoms with Crippen LogP contribution in [-0.4, -0.2) is 31.1 Å². The molecular weight excluding hydrogens is 451 g/mol. The van der Waals surface area contributed by atoms with Crippen LogP contribution in [0.25, 0.3) is 0 Å². The molecule has 1 aliphatic heterocycles. The van der Waals surface area contributed by atoms with Crippen LogP contribution in [0.4, 0.5) is 5.69 Å². The normalized spacial score (nSPS) is 14.1. The van der Waals surface area contributed by atoms with E-state index in [9.17, 15) is 0 Å². The lowest BCUT2D eigenvalue weighted by atomic mass is 9.90. The van der Waals surface area contributed by atoms with Gasteiger partial charge < -0.3 is 15.0 Å². The lowest BCUT2D eigenvalue weighted by molar-refractivity contribution is 0.183. The summed E-state index contributed by atoms with van der Waals surface area (Å²) in [4.78, 5) is 2.63. The van der Waals surface area contributed by atoms with Gasteiger partial charge in [-0.25, -0.2) is 0 Å². The second kappa shape index (κ2) is 14.8. The third-order valence-electron chi connectivity index (χ3n) is 6.14. The lowest BCUT2D eigenvalue weighted by Gasteiger charge is -2.32. The van der Waals surface area contributed by atoms with Crippen molar-refractivity contribution < 1.29 is 4.74 Å². The number of hydrogen-bond donors (Lipinski definition) is 1. The van der Waals surface area contributed by atoms with E-state index in [0.29, 0.717) is 6.61 Å². The predicted molar refractivity (Wildman–Crippen MR) is 144 cm³/mol. The zero-order chi connectivity index (χ0) is 21.1. The second-order valence-electron chi connectivity index (χ2n) is 8.56. The van der Waals surface area contributed by atoms with Crippen molar-refractivity contribution in [2.24, 2.45) is 5.92 Å². The third-order valence-corrected chi connectivity index (χ3v) is 6.14. The minimum absolute atomic E-state index is 0. The van der Waals surface area contributed by atoms with Crippen molar-refractivity contribution in [3.05, 3.63) is 96.1 Å². The maximum atomic E-state index is 5.94. The molecule has 0 atom stereocenters. The van der Waals surface area contributed by atoms with Crippen LogP contribution in [-0.2, 0) is 13.0 Å². The van der Waals surface area contributed by atoms with E-state index in [1.54, 1.807) is 0 Å². The molecule has 3 nitrogen and oxygen atoms in total. The molecule has 3 aromatic rings. The molecule has 1 aliphatic rings. The summed E-state index contributed by atoms with van der Waals surface area (Å²) in [5.74, 6) is 1.75. The number of nitrogens with one attached hydrogen (secondary N) is 1. The highest BCUT2D eigenvalue weighted by molar-refractivity contribution is 5.85. The third kappa shape index (κ3) is 9.29. The molecule has 5 heteroatoms. The van der Waals surface area contributed by atoms with Gasteiger partial charge in [0.25, 0.3) is 0 Å². The molecule has 0 unspecified atom stereocenters. The van der Waals surface area contributed by atoms with E-state index in [4.69, 9.17) is 4.74 Å². The Labute approximate surface area is 211 Å². The van der Waals surface area contributed by atoms with Crippen LogP contribution < -0.4 is 10.1 Å². The van der Waals surface area contributed by atoms with E-state index >= 15 is 0 Å². The number of likely N-dealkylation sites (tertiary alicyclic amines) is 1. The molecule has 3 aromatic carbocycles. The van der Waals surface area contributed by atoms with Gasteiger partial charge in [-0.15, -0.1) is 24.8 Å². The van der Waals surface area contributed by atoms with Crippen LogP contribution in [0.3, 0.4) is 0 Å². The average Bonchev–Trinajstić information content (AvgIpc) is 2.83. The minimum atomic E-state index is 0. The van der Waals surface area contributed by atoms with E-state index in [1.165, 1.54) is 56.4 Å². The zero-order valence-electron chi connectivity index (χ0n) is 19.2. The molecule has 0 amide bonds. The molecular formula is C28H36Cl2N2O. The molecule has 0 aromatic heterocycles. The summed E-state index contributed by atoms with van der Waals surface area (Å²) < 4.78 is 5.94. The van der Waals surface area contributed by atoms with Gasteiger partial charge in [-0.2, -0.15) is 0 Å². The molecule has 0 radical (unpaired) electrons. The van der Waals surface area contributed by atoms with Crippen molar-refractivity contribution >= 4 is 30.5 Å². The topological polar surface area (TPSA) is 24.5 Å². The SMILES string of the molecule is Cl.Cl.c1ccc(COc2cccc(NCCCN3CCC(Cc4ccccc4)CC3)c2)cc1. The molecule has 1 heterocycles. The van der Waals surface area contributed by atoms with Crippen LogP contribution in [0.1, 0.15) is 30.4 Å². The second-order valence-corrected chi connectivity index (χ2v) is 8.56. The first-order chi connectivity index (χ1) is 15.3. The van der Waals surface area contributed by atoms with E-state index in [1.807, 2.05) is 24.3 Å². The summed E-state index contributed by atoms with van der Waals surface area (Å²) in [6, 6.07) is 29.5. The highest BCUT2D eigenvalue weighted by Crippen LogP contribution is 2.22. The van der Waals surface area contributed by atoms with Crippen LogP contribution in [0, 0.1) is 5.92 Å². The van der Waals surface area contributed by atoms with Crippen molar-refractivity contribution in [3.8, 4) is 5.75 Å². The highest BCUT2D eigenvalue weighted by atomic mass is 35.5. The molecule has 1 N–H and O–H groups in total. The van der Waals surface area contributed by atoms with E-state index in [0.717, 1.165) is 23.9 Å². The number of piperidine rings is 1. The highest BCUT2D eigenvalue weighted by Gasteiger charge is 2.18. The number of halogens is 2. The summed E-state index contributed by atoms with van der Waals surface area (Å²) in [6.45, 7) is 5.24. The molecule has 0 spiro atoms. The molecule has 1 fully saturated rings. The standard InChI is InChI=1S/C28H34N2O.2ClH/c1-3-9-24(10-4-1)21-25-15-19-30(20-16-25)18-8-17-29-27-13-7-14-28(22-27)31-23-26-11-5-2-6-12-26;;/h1-7,9-14,22,25,29H,8,15-21,23H2;2*1H. The summed E-state index contributed by atoms with van der Waals surface area (Å²) in [6.07, 6.45) is 5.05. The largest absolute Gasteiger partial charge is 0.489 e. The van der Waals surface area contributed by atoms with Gasteiger partial charge in [0.15, 0.2) is 0 Å². The Morgan fingerprint density at radius 3 is 2.15 bits per heavy atom. The van der Waals surface area contributed by atoms with Crippen molar-refractivity contribution in [2.75, 3.05) is 31.5 Å². The maximum absolute atomic E-state index is 5.94. The Bertz CT molecular complexity index is 900. The molecule has 4 rings (SSSR count). The quantitative estimate of drug-likeness (QED) is 0.316. The molecule has 178 valence electrons. The van der Waals surface area contributed by atoms with Gasteiger partial charge in [-0.1, -0.05) is 66.7 Å². The predicted octanol–water partition coefficient (Wildman–Crippen LogP) is 6.87. The van der Waals surface area contributed by atoms with Crippen molar-refractivity contribution in [2.45, 2.75) is 32.3 Å². The van der Waals surface area contributed by atoms with E-state index < -0.39 is 0 Å². The molecule has 0 saturated carbocycles.